The number of aromatic nitrogens is 1. The number of hydrogen-bond donors (Lipinski definition) is 0. The van der Waals surface area contributed by atoms with Crippen LogP contribution in [0.4, 0.5) is 0 Å². The minimum absolute atomic E-state index is 0.470. The number of ether oxygens (including phenoxy) is 1. The molecule has 0 aliphatic rings. The number of thioether (sulfide) groups is 1. The van der Waals surface area contributed by atoms with Gasteiger partial charge in [-0.05, 0) is 42.3 Å². The Hall–Kier alpha value is -2.27. The summed E-state index contributed by atoms with van der Waals surface area (Å²) in [5, 5.41) is 0.732. The number of allylic oxidation sites excluding steroid dienone is 1. The Labute approximate surface area is 184 Å². The van der Waals surface area contributed by atoms with Gasteiger partial charge in [-0.2, -0.15) is 0 Å². The maximum atomic E-state index is 6.16. The number of para-hydroxylation sites is 1. The zero-order valence-electron chi connectivity index (χ0n) is 15.8. The van der Waals surface area contributed by atoms with Crippen LogP contribution in [0.25, 0.3) is 16.3 Å². The van der Waals surface area contributed by atoms with Gasteiger partial charge in [0.1, 0.15) is 12.4 Å². The van der Waals surface area contributed by atoms with Gasteiger partial charge in [0.2, 0.25) is 0 Å². The molecule has 0 N–H and O–H groups in total. The zero-order chi connectivity index (χ0) is 19.9. The maximum Gasteiger partial charge on any atom is 0.151 e. The van der Waals surface area contributed by atoms with Gasteiger partial charge in [-0.15, -0.1) is 11.3 Å². The van der Waals surface area contributed by atoms with Gasteiger partial charge in [-0.3, -0.25) is 0 Å². The first kappa shape index (κ1) is 20.0. The van der Waals surface area contributed by atoms with E-state index in [1.54, 1.807) is 11.3 Å². The summed E-state index contributed by atoms with van der Waals surface area (Å²) >= 11 is 9.74. The lowest BCUT2D eigenvalue weighted by Gasteiger charge is -2.07. The number of rotatable bonds is 8. The van der Waals surface area contributed by atoms with Crippen molar-refractivity contribution in [2.75, 3.05) is 5.75 Å². The van der Waals surface area contributed by atoms with Gasteiger partial charge in [0, 0.05) is 16.3 Å². The minimum Gasteiger partial charge on any atom is -0.489 e. The molecule has 0 radical (unpaired) electrons. The van der Waals surface area contributed by atoms with Crippen LogP contribution in [0, 0.1) is 0 Å². The Morgan fingerprint density at radius 3 is 2.59 bits per heavy atom. The van der Waals surface area contributed by atoms with E-state index in [1.807, 2.05) is 54.2 Å². The van der Waals surface area contributed by atoms with Crippen LogP contribution in [-0.4, -0.2) is 10.7 Å². The first-order chi connectivity index (χ1) is 14.3. The van der Waals surface area contributed by atoms with Crippen LogP contribution in [0.15, 0.2) is 83.2 Å². The molecule has 4 rings (SSSR count). The van der Waals surface area contributed by atoms with Crippen molar-refractivity contribution < 1.29 is 4.74 Å². The summed E-state index contributed by atoms with van der Waals surface area (Å²) < 4.78 is 8.22. The largest absolute Gasteiger partial charge is 0.489 e. The number of halogens is 1. The smallest absolute Gasteiger partial charge is 0.151 e. The van der Waals surface area contributed by atoms with Crippen molar-refractivity contribution in [1.82, 2.24) is 4.98 Å². The van der Waals surface area contributed by atoms with Crippen molar-refractivity contribution in [3.8, 4) is 5.75 Å². The lowest BCUT2D eigenvalue weighted by molar-refractivity contribution is 0.306. The van der Waals surface area contributed by atoms with Crippen molar-refractivity contribution in [1.29, 1.82) is 0 Å². The first-order valence-electron chi connectivity index (χ1n) is 9.39. The quantitative estimate of drug-likeness (QED) is 0.208. The van der Waals surface area contributed by atoms with Gasteiger partial charge in [0.05, 0.1) is 10.2 Å². The molecular formula is C24H20ClNOS2. The molecule has 2 nitrogen and oxygen atoms in total. The topological polar surface area (TPSA) is 22.1 Å². The average molecular weight is 438 g/mol. The van der Waals surface area contributed by atoms with Crippen molar-refractivity contribution in [3.05, 3.63) is 95.0 Å². The van der Waals surface area contributed by atoms with Crippen molar-refractivity contribution in [2.24, 2.45) is 0 Å². The molecule has 29 heavy (non-hydrogen) atoms. The van der Waals surface area contributed by atoms with E-state index in [2.05, 4.69) is 47.5 Å². The second-order valence-corrected chi connectivity index (χ2v) is 9.22. The van der Waals surface area contributed by atoms with Crippen molar-refractivity contribution >= 4 is 51.0 Å². The van der Waals surface area contributed by atoms with E-state index < -0.39 is 0 Å². The molecule has 4 aromatic rings. The fraction of sp³-hybridized carbons (Fsp3) is 0.125. The van der Waals surface area contributed by atoms with Crippen LogP contribution in [0.3, 0.4) is 0 Å². The summed E-state index contributed by atoms with van der Waals surface area (Å²) in [5.74, 6) is 1.86. The Balaban J connectivity index is 1.23. The Kier molecular flexibility index (Phi) is 6.88. The van der Waals surface area contributed by atoms with Crippen LogP contribution in [0.2, 0.25) is 5.02 Å². The molecule has 0 atom stereocenters. The van der Waals surface area contributed by atoms with Gasteiger partial charge in [0.25, 0.3) is 0 Å². The predicted octanol–water partition coefficient (Wildman–Crippen LogP) is 7.72. The molecule has 5 heteroatoms. The minimum atomic E-state index is 0.470. The molecular weight excluding hydrogens is 418 g/mol. The highest BCUT2D eigenvalue weighted by Crippen LogP contribution is 2.29. The first-order valence-corrected chi connectivity index (χ1v) is 11.6. The van der Waals surface area contributed by atoms with E-state index in [1.165, 1.54) is 10.3 Å². The van der Waals surface area contributed by atoms with E-state index in [4.69, 9.17) is 16.3 Å². The summed E-state index contributed by atoms with van der Waals surface area (Å²) in [6.45, 7) is 0.470. The van der Waals surface area contributed by atoms with E-state index >= 15 is 0 Å². The van der Waals surface area contributed by atoms with E-state index in [-0.39, 0.29) is 0 Å². The SMILES string of the molecule is Clc1ccccc1COc1ccc(/C=C/CCSc2nc3ccccc3s2)cc1. The molecule has 0 amide bonds. The summed E-state index contributed by atoms with van der Waals surface area (Å²) in [4.78, 5) is 4.66. The average Bonchev–Trinajstić information content (AvgIpc) is 3.17. The normalized spacial score (nSPS) is 11.3. The fourth-order valence-corrected chi connectivity index (χ4v) is 5.03. The van der Waals surface area contributed by atoms with Crippen molar-refractivity contribution in [3.63, 3.8) is 0 Å². The number of nitrogens with zero attached hydrogens (tertiary/aromatic N) is 1. The third kappa shape index (κ3) is 5.63. The van der Waals surface area contributed by atoms with E-state index in [9.17, 15) is 0 Å². The second kappa shape index (κ2) is 9.97. The summed E-state index contributed by atoms with van der Waals surface area (Å²) in [6, 6.07) is 24.2. The third-order valence-corrected chi connectivity index (χ3v) is 6.91. The molecule has 0 unspecified atom stereocenters. The summed E-state index contributed by atoms with van der Waals surface area (Å²) in [5.41, 5.74) is 3.25. The Morgan fingerprint density at radius 2 is 1.76 bits per heavy atom. The predicted molar refractivity (Wildman–Crippen MR) is 126 cm³/mol. The number of benzene rings is 3. The molecule has 3 aromatic carbocycles. The Bertz CT molecular complexity index is 1070. The molecule has 146 valence electrons. The fourth-order valence-electron chi connectivity index (χ4n) is 2.80. The van der Waals surface area contributed by atoms with Gasteiger partial charge in [0.15, 0.2) is 4.34 Å². The molecule has 0 fully saturated rings. The standard InChI is InChI=1S/C24H20ClNOS2/c25-21-9-2-1-8-19(21)17-27-20-14-12-18(13-15-20)7-5-6-16-28-24-26-22-10-3-4-11-23(22)29-24/h1-5,7-15H,6,16-17H2/b7-5+. The number of fused-ring (bicyclic) bond motifs is 1. The highest BCUT2D eigenvalue weighted by atomic mass is 35.5. The zero-order valence-corrected chi connectivity index (χ0v) is 18.1. The molecule has 0 aliphatic heterocycles. The lowest BCUT2D eigenvalue weighted by Crippen LogP contribution is -1.95. The maximum absolute atomic E-state index is 6.16. The van der Waals surface area contributed by atoms with Crippen LogP contribution < -0.4 is 4.74 Å². The van der Waals surface area contributed by atoms with Crippen LogP contribution >= 0.6 is 34.7 Å². The molecule has 0 saturated heterocycles. The lowest BCUT2D eigenvalue weighted by atomic mass is 10.2. The van der Waals surface area contributed by atoms with Crippen LogP contribution in [0.1, 0.15) is 17.5 Å². The van der Waals surface area contributed by atoms with E-state index in [0.717, 1.165) is 38.4 Å². The monoisotopic (exact) mass is 437 g/mol. The molecule has 0 spiro atoms. The van der Waals surface area contributed by atoms with Gasteiger partial charge >= 0.3 is 0 Å². The number of hydrogen-bond acceptors (Lipinski definition) is 4. The summed E-state index contributed by atoms with van der Waals surface area (Å²) in [7, 11) is 0. The molecule has 0 saturated carbocycles. The summed E-state index contributed by atoms with van der Waals surface area (Å²) in [6.07, 6.45) is 5.36. The third-order valence-electron chi connectivity index (χ3n) is 4.33. The highest BCUT2D eigenvalue weighted by molar-refractivity contribution is 8.01. The Morgan fingerprint density at radius 1 is 0.966 bits per heavy atom. The molecule has 0 aliphatic carbocycles. The molecule has 1 heterocycles. The van der Waals surface area contributed by atoms with E-state index in [0.29, 0.717) is 6.61 Å². The second-order valence-electron chi connectivity index (χ2n) is 6.44. The highest BCUT2D eigenvalue weighted by Gasteiger charge is 2.03. The van der Waals surface area contributed by atoms with Crippen LogP contribution in [-0.2, 0) is 6.61 Å². The number of thiazole rings is 1. The molecule has 1 aromatic heterocycles. The van der Waals surface area contributed by atoms with Gasteiger partial charge in [-0.25, -0.2) is 4.98 Å². The molecule has 0 bridgehead atoms. The van der Waals surface area contributed by atoms with Gasteiger partial charge < -0.3 is 4.74 Å². The van der Waals surface area contributed by atoms with Crippen LogP contribution in [0.5, 0.6) is 5.75 Å². The van der Waals surface area contributed by atoms with Crippen molar-refractivity contribution in [2.45, 2.75) is 17.4 Å². The van der Waals surface area contributed by atoms with Gasteiger partial charge in [-0.1, -0.05) is 78.0 Å².